The first kappa shape index (κ1) is 20.3. The van der Waals surface area contributed by atoms with Crippen molar-refractivity contribution in [2.45, 2.75) is 51.4 Å². The summed E-state index contributed by atoms with van der Waals surface area (Å²) in [5, 5.41) is 3.97. The predicted molar refractivity (Wildman–Crippen MR) is 129 cm³/mol. The molecule has 31 heavy (non-hydrogen) atoms. The highest BCUT2D eigenvalue weighted by Crippen LogP contribution is 2.44. The highest BCUT2D eigenvalue weighted by Gasteiger charge is 2.27. The number of amides is 1. The van der Waals surface area contributed by atoms with E-state index in [0.29, 0.717) is 23.0 Å². The Bertz CT molecular complexity index is 1090. The van der Waals surface area contributed by atoms with E-state index in [9.17, 15) is 4.79 Å². The molecule has 1 saturated carbocycles. The fourth-order valence-corrected chi connectivity index (χ4v) is 5.59. The van der Waals surface area contributed by atoms with E-state index in [1.807, 2.05) is 0 Å². The molecule has 5 rings (SSSR count). The summed E-state index contributed by atoms with van der Waals surface area (Å²) in [4.78, 5) is 21.4. The maximum Gasteiger partial charge on any atom is 0.263 e. The van der Waals surface area contributed by atoms with E-state index in [0.717, 1.165) is 35.4 Å². The number of aryl methyl sites for hydroxylation is 1. The van der Waals surface area contributed by atoms with Gasteiger partial charge < -0.3 is 16.0 Å². The molecule has 2 fully saturated rings. The Labute approximate surface area is 187 Å². The molecule has 0 spiro atoms. The second-order valence-corrected chi connectivity index (χ2v) is 9.85. The number of benzene rings is 1. The smallest absolute Gasteiger partial charge is 0.263 e. The Morgan fingerprint density at radius 2 is 1.94 bits per heavy atom. The van der Waals surface area contributed by atoms with Crippen LogP contribution in [0.5, 0.6) is 0 Å². The molecule has 1 amide bonds. The Morgan fingerprint density at radius 3 is 2.65 bits per heavy atom. The van der Waals surface area contributed by atoms with Crippen molar-refractivity contribution in [1.29, 1.82) is 0 Å². The molecule has 1 aliphatic heterocycles. The highest BCUT2D eigenvalue weighted by atomic mass is 32.1. The second kappa shape index (κ2) is 8.50. The van der Waals surface area contributed by atoms with Crippen LogP contribution >= 0.6 is 11.3 Å². The Balaban J connectivity index is 1.21. The van der Waals surface area contributed by atoms with Gasteiger partial charge in [0.1, 0.15) is 9.71 Å². The molecule has 0 bridgehead atoms. The van der Waals surface area contributed by atoms with E-state index < -0.39 is 0 Å². The summed E-state index contributed by atoms with van der Waals surface area (Å²) in [7, 11) is 0. The van der Waals surface area contributed by atoms with Gasteiger partial charge >= 0.3 is 0 Å². The Hall–Kier alpha value is -2.60. The van der Waals surface area contributed by atoms with Crippen LogP contribution in [0, 0.1) is 6.92 Å². The summed E-state index contributed by atoms with van der Waals surface area (Å²) < 4.78 is 0. The van der Waals surface area contributed by atoms with Crippen molar-refractivity contribution in [2.75, 3.05) is 30.3 Å². The number of nitrogens with zero attached hydrogens (tertiary/aromatic N) is 2. The van der Waals surface area contributed by atoms with E-state index in [2.05, 4.69) is 47.5 Å². The third kappa shape index (κ3) is 4.26. The minimum absolute atomic E-state index is 0.101. The molecule has 1 aliphatic carbocycles. The third-order valence-electron chi connectivity index (χ3n) is 6.53. The lowest BCUT2D eigenvalue weighted by molar-refractivity contribution is 0.0959. The zero-order valence-corrected chi connectivity index (χ0v) is 18.9. The van der Waals surface area contributed by atoms with Gasteiger partial charge in [0.2, 0.25) is 0 Å². The summed E-state index contributed by atoms with van der Waals surface area (Å²) in [6.45, 7) is 4.96. The quantitative estimate of drug-likeness (QED) is 0.571. The lowest BCUT2D eigenvalue weighted by atomic mass is 10.1. The summed E-state index contributed by atoms with van der Waals surface area (Å²) in [6, 6.07) is 10.9. The molecule has 162 valence electrons. The van der Waals surface area contributed by atoms with Crippen LogP contribution in [0.15, 0.2) is 30.3 Å². The van der Waals surface area contributed by atoms with E-state index in [1.165, 1.54) is 60.3 Å². The molecule has 2 aromatic heterocycles. The van der Waals surface area contributed by atoms with Gasteiger partial charge in [-0.25, -0.2) is 4.98 Å². The van der Waals surface area contributed by atoms with Gasteiger partial charge in [-0.3, -0.25) is 4.79 Å². The number of hydrogen-bond donors (Lipinski definition) is 2. The minimum atomic E-state index is -0.101. The molecule has 1 aromatic carbocycles. The Kier molecular flexibility index (Phi) is 5.57. The average molecular weight is 435 g/mol. The molecule has 6 heteroatoms. The van der Waals surface area contributed by atoms with Crippen molar-refractivity contribution in [1.82, 2.24) is 10.3 Å². The fourth-order valence-electron chi connectivity index (χ4n) is 4.55. The van der Waals surface area contributed by atoms with Crippen molar-refractivity contribution in [3.05, 3.63) is 52.0 Å². The maximum absolute atomic E-state index is 12.8. The number of nitrogen functional groups attached to an aromatic ring is 1. The number of nitrogens with two attached hydrogens (primary N) is 1. The van der Waals surface area contributed by atoms with E-state index in [4.69, 9.17) is 10.7 Å². The number of aromatic nitrogens is 1. The van der Waals surface area contributed by atoms with Crippen LogP contribution < -0.4 is 16.0 Å². The van der Waals surface area contributed by atoms with Crippen LogP contribution in [-0.4, -0.2) is 30.5 Å². The van der Waals surface area contributed by atoms with Crippen molar-refractivity contribution in [2.24, 2.45) is 0 Å². The van der Waals surface area contributed by atoms with Crippen LogP contribution in [0.3, 0.4) is 0 Å². The number of rotatable bonds is 6. The summed E-state index contributed by atoms with van der Waals surface area (Å²) in [6.07, 6.45) is 7.17. The standard InChI is InChI=1S/C25H30N4OS/c1-16-20(18-7-8-18)15-21-22(26)23(31-25(21)28-16)24(30)27-12-11-17-5-9-19(10-6-17)29-13-3-2-4-14-29/h5-6,9-10,15,18H,2-4,7-8,11-14,26H2,1H3,(H,27,30). The molecule has 5 nitrogen and oxygen atoms in total. The van der Waals surface area contributed by atoms with Crippen molar-refractivity contribution in [3.8, 4) is 0 Å². The average Bonchev–Trinajstić information content (AvgIpc) is 3.58. The molecule has 1 saturated heterocycles. The zero-order valence-electron chi connectivity index (χ0n) is 18.1. The van der Waals surface area contributed by atoms with Gasteiger partial charge in [-0.05, 0) is 80.7 Å². The number of fused-ring (bicyclic) bond motifs is 1. The van der Waals surface area contributed by atoms with Crippen LogP contribution in [0.25, 0.3) is 10.2 Å². The molecular weight excluding hydrogens is 404 g/mol. The molecule has 0 atom stereocenters. The van der Waals surface area contributed by atoms with Crippen LogP contribution in [0.4, 0.5) is 11.4 Å². The van der Waals surface area contributed by atoms with Crippen molar-refractivity contribution >= 4 is 38.8 Å². The summed E-state index contributed by atoms with van der Waals surface area (Å²) >= 11 is 1.40. The van der Waals surface area contributed by atoms with E-state index >= 15 is 0 Å². The first-order valence-electron chi connectivity index (χ1n) is 11.4. The number of carbonyl (C=O) groups is 1. The van der Waals surface area contributed by atoms with Gasteiger partial charge in [-0.1, -0.05) is 12.1 Å². The minimum Gasteiger partial charge on any atom is -0.397 e. The van der Waals surface area contributed by atoms with Gasteiger partial charge in [-0.2, -0.15) is 0 Å². The summed E-state index contributed by atoms with van der Waals surface area (Å²) in [5.41, 5.74) is 11.8. The van der Waals surface area contributed by atoms with Crippen LogP contribution in [0.2, 0.25) is 0 Å². The topological polar surface area (TPSA) is 71.2 Å². The van der Waals surface area contributed by atoms with E-state index in [-0.39, 0.29) is 5.91 Å². The maximum atomic E-state index is 12.8. The molecule has 3 N–H and O–H groups in total. The molecule has 3 heterocycles. The number of thiophene rings is 1. The monoisotopic (exact) mass is 434 g/mol. The first-order valence-corrected chi connectivity index (χ1v) is 12.2. The second-order valence-electron chi connectivity index (χ2n) is 8.85. The largest absolute Gasteiger partial charge is 0.397 e. The molecule has 0 unspecified atom stereocenters. The molecular formula is C25H30N4OS. The third-order valence-corrected chi connectivity index (χ3v) is 7.64. The Morgan fingerprint density at radius 1 is 1.19 bits per heavy atom. The number of piperidine rings is 1. The van der Waals surface area contributed by atoms with Gasteiger partial charge in [0.05, 0.1) is 5.69 Å². The molecule has 2 aliphatic rings. The normalized spacial score (nSPS) is 16.6. The summed E-state index contributed by atoms with van der Waals surface area (Å²) in [5.74, 6) is 0.519. The number of anilines is 2. The van der Waals surface area contributed by atoms with Gasteiger partial charge in [0, 0.05) is 36.4 Å². The number of pyridine rings is 1. The van der Waals surface area contributed by atoms with Gasteiger partial charge in [0.25, 0.3) is 5.91 Å². The number of hydrogen-bond acceptors (Lipinski definition) is 5. The zero-order chi connectivity index (χ0) is 21.4. The lowest BCUT2D eigenvalue weighted by Crippen LogP contribution is -2.29. The number of nitrogens with one attached hydrogen (secondary N) is 1. The molecule has 0 radical (unpaired) electrons. The molecule has 3 aromatic rings. The highest BCUT2D eigenvalue weighted by molar-refractivity contribution is 7.21. The first-order chi connectivity index (χ1) is 15.1. The van der Waals surface area contributed by atoms with Crippen LogP contribution in [-0.2, 0) is 6.42 Å². The fraction of sp³-hybridized carbons (Fsp3) is 0.440. The SMILES string of the molecule is Cc1nc2sc(C(=O)NCCc3ccc(N4CCCCC4)cc3)c(N)c2cc1C1CC1. The van der Waals surface area contributed by atoms with Gasteiger partial charge in [0.15, 0.2) is 0 Å². The van der Waals surface area contributed by atoms with Crippen molar-refractivity contribution in [3.63, 3.8) is 0 Å². The predicted octanol–water partition coefficient (Wildman–Crippen LogP) is 5.03. The lowest BCUT2D eigenvalue weighted by Gasteiger charge is -2.28. The number of carbonyl (C=O) groups excluding carboxylic acids is 1. The van der Waals surface area contributed by atoms with Crippen LogP contribution in [0.1, 0.15) is 64.5 Å². The van der Waals surface area contributed by atoms with Crippen molar-refractivity contribution < 1.29 is 4.79 Å². The van der Waals surface area contributed by atoms with E-state index in [1.54, 1.807) is 0 Å². The van der Waals surface area contributed by atoms with Gasteiger partial charge in [-0.15, -0.1) is 11.3 Å².